The van der Waals surface area contributed by atoms with Crippen molar-refractivity contribution in [2.24, 2.45) is 0 Å². The summed E-state index contributed by atoms with van der Waals surface area (Å²) in [5, 5.41) is 3.11. The Hall–Kier alpha value is -1.37. The van der Waals surface area contributed by atoms with Gasteiger partial charge < -0.3 is 15.8 Å². The monoisotopic (exact) mass is 298 g/mol. The van der Waals surface area contributed by atoms with E-state index < -0.39 is 0 Å². The van der Waals surface area contributed by atoms with Crippen LogP contribution in [0.1, 0.15) is 16.8 Å². The lowest BCUT2D eigenvalue weighted by Crippen LogP contribution is -2.38. The number of nitrogens with two attached hydrogens (primary N) is 1. The molecule has 1 aliphatic heterocycles. The number of nitrogens with zero attached hydrogens (tertiary/aromatic N) is 2. The van der Waals surface area contributed by atoms with Gasteiger partial charge in [-0.05, 0) is 19.0 Å². The molecule has 1 amide bonds. The van der Waals surface area contributed by atoms with Gasteiger partial charge in [0.2, 0.25) is 0 Å². The van der Waals surface area contributed by atoms with E-state index in [9.17, 15) is 4.79 Å². The second-order valence-electron chi connectivity index (χ2n) is 4.66. The number of morpholine rings is 1. The summed E-state index contributed by atoms with van der Waals surface area (Å²) in [6, 6.07) is 1.48. The van der Waals surface area contributed by atoms with Crippen molar-refractivity contribution in [3.05, 3.63) is 23.0 Å². The highest BCUT2D eigenvalue weighted by molar-refractivity contribution is 6.29. The smallest absolute Gasteiger partial charge is 0.253 e. The van der Waals surface area contributed by atoms with Crippen molar-refractivity contribution in [3.8, 4) is 0 Å². The first-order valence-corrected chi connectivity index (χ1v) is 7.04. The van der Waals surface area contributed by atoms with Crippen molar-refractivity contribution in [1.82, 2.24) is 15.2 Å². The van der Waals surface area contributed by atoms with Gasteiger partial charge in [-0.25, -0.2) is 4.98 Å². The molecule has 1 aromatic rings. The number of nitrogens with one attached hydrogen (secondary N) is 1. The number of amides is 1. The molecular weight excluding hydrogens is 280 g/mol. The highest BCUT2D eigenvalue weighted by atomic mass is 35.5. The molecule has 0 unspecified atom stereocenters. The molecule has 7 heteroatoms. The Bertz CT molecular complexity index is 464. The van der Waals surface area contributed by atoms with E-state index in [0.29, 0.717) is 17.8 Å². The van der Waals surface area contributed by atoms with Gasteiger partial charge in [0, 0.05) is 19.6 Å². The minimum atomic E-state index is -0.214. The van der Waals surface area contributed by atoms with E-state index in [1.165, 1.54) is 12.3 Å². The van der Waals surface area contributed by atoms with Crippen molar-refractivity contribution in [3.63, 3.8) is 0 Å². The Kier molecular flexibility index (Phi) is 5.58. The summed E-state index contributed by atoms with van der Waals surface area (Å²) in [7, 11) is 0. The van der Waals surface area contributed by atoms with Crippen LogP contribution in [0.15, 0.2) is 12.3 Å². The van der Waals surface area contributed by atoms with Crippen LogP contribution in [0, 0.1) is 0 Å². The SMILES string of the molecule is Nc1cnc(Cl)cc1C(=O)NCCCN1CCOCC1. The Morgan fingerprint density at radius 3 is 3.00 bits per heavy atom. The fourth-order valence-corrected chi connectivity index (χ4v) is 2.22. The Morgan fingerprint density at radius 1 is 1.50 bits per heavy atom. The van der Waals surface area contributed by atoms with Crippen LogP contribution in [0.5, 0.6) is 0 Å². The predicted molar refractivity (Wildman–Crippen MR) is 77.9 cm³/mol. The molecule has 1 aromatic heterocycles. The van der Waals surface area contributed by atoms with Crippen LogP contribution in [0.25, 0.3) is 0 Å². The third-order valence-corrected chi connectivity index (χ3v) is 3.39. The van der Waals surface area contributed by atoms with Gasteiger partial charge in [0.1, 0.15) is 5.15 Å². The number of carbonyl (C=O) groups is 1. The topological polar surface area (TPSA) is 80.5 Å². The summed E-state index contributed by atoms with van der Waals surface area (Å²) < 4.78 is 5.28. The molecule has 110 valence electrons. The molecule has 2 heterocycles. The molecule has 2 rings (SSSR count). The summed E-state index contributed by atoms with van der Waals surface area (Å²) >= 11 is 5.76. The van der Waals surface area contributed by atoms with Crippen LogP contribution in [-0.4, -0.2) is 55.2 Å². The fraction of sp³-hybridized carbons (Fsp3) is 0.538. The molecule has 3 N–H and O–H groups in total. The van der Waals surface area contributed by atoms with Crippen LogP contribution >= 0.6 is 11.6 Å². The zero-order valence-electron chi connectivity index (χ0n) is 11.3. The molecule has 0 aliphatic carbocycles. The fourth-order valence-electron chi connectivity index (χ4n) is 2.06. The normalized spacial score (nSPS) is 16.1. The maximum absolute atomic E-state index is 12.0. The maximum atomic E-state index is 12.0. The predicted octanol–water partition coefficient (Wildman–Crippen LogP) is 0.769. The molecule has 0 bridgehead atoms. The number of nitrogen functional groups attached to an aromatic ring is 1. The highest BCUT2D eigenvalue weighted by Gasteiger charge is 2.12. The number of aromatic nitrogens is 1. The second kappa shape index (κ2) is 7.42. The molecule has 20 heavy (non-hydrogen) atoms. The van der Waals surface area contributed by atoms with Crippen LogP contribution < -0.4 is 11.1 Å². The number of halogens is 1. The van der Waals surface area contributed by atoms with Crippen molar-refractivity contribution < 1.29 is 9.53 Å². The van der Waals surface area contributed by atoms with Gasteiger partial charge >= 0.3 is 0 Å². The zero-order chi connectivity index (χ0) is 14.4. The Balaban J connectivity index is 1.73. The van der Waals surface area contributed by atoms with Crippen molar-refractivity contribution in [2.45, 2.75) is 6.42 Å². The van der Waals surface area contributed by atoms with Gasteiger partial charge in [-0.1, -0.05) is 11.6 Å². The van der Waals surface area contributed by atoms with Gasteiger partial charge in [0.15, 0.2) is 0 Å². The number of carbonyl (C=O) groups excluding carboxylic acids is 1. The van der Waals surface area contributed by atoms with Crippen LogP contribution in [0.4, 0.5) is 5.69 Å². The minimum Gasteiger partial charge on any atom is -0.397 e. The number of pyridine rings is 1. The van der Waals surface area contributed by atoms with E-state index in [-0.39, 0.29) is 11.1 Å². The summed E-state index contributed by atoms with van der Waals surface area (Å²) in [6.07, 6.45) is 2.29. The summed E-state index contributed by atoms with van der Waals surface area (Å²) in [6.45, 7) is 5.06. The van der Waals surface area contributed by atoms with E-state index in [1.54, 1.807) is 0 Å². The molecule has 0 saturated carbocycles. The first kappa shape index (κ1) is 15.0. The molecule has 1 saturated heterocycles. The van der Waals surface area contributed by atoms with E-state index in [0.717, 1.165) is 39.3 Å². The molecule has 0 aromatic carbocycles. The molecule has 0 atom stereocenters. The molecule has 0 spiro atoms. The number of rotatable bonds is 5. The average Bonchev–Trinajstić information content (AvgIpc) is 2.47. The van der Waals surface area contributed by atoms with Crippen molar-refractivity contribution in [1.29, 1.82) is 0 Å². The minimum absolute atomic E-state index is 0.214. The summed E-state index contributed by atoms with van der Waals surface area (Å²) in [5.74, 6) is -0.214. The van der Waals surface area contributed by atoms with E-state index in [4.69, 9.17) is 22.1 Å². The summed E-state index contributed by atoms with van der Waals surface area (Å²) in [5.41, 5.74) is 6.41. The Morgan fingerprint density at radius 2 is 2.25 bits per heavy atom. The quantitative estimate of drug-likeness (QED) is 0.620. The maximum Gasteiger partial charge on any atom is 0.253 e. The van der Waals surface area contributed by atoms with Gasteiger partial charge in [0.25, 0.3) is 5.91 Å². The van der Waals surface area contributed by atoms with Crippen molar-refractivity contribution in [2.75, 3.05) is 45.1 Å². The Labute approximate surface area is 123 Å². The van der Waals surface area contributed by atoms with Gasteiger partial charge in [-0.3, -0.25) is 9.69 Å². The highest BCUT2D eigenvalue weighted by Crippen LogP contribution is 2.14. The molecular formula is C13H19ClN4O2. The van der Waals surface area contributed by atoms with Crippen LogP contribution in [-0.2, 0) is 4.74 Å². The molecule has 1 aliphatic rings. The third kappa shape index (κ3) is 4.33. The standard InChI is InChI=1S/C13H19ClN4O2/c14-12-8-10(11(15)9-17-12)13(19)16-2-1-3-18-4-6-20-7-5-18/h8-9H,1-7,15H2,(H,16,19). The lowest BCUT2D eigenvalue weighted by atomic mass is 10.2. The molecule has 1 fully saturated rings. The number of hydrogen-bond donors (Lipinski definition) is 2. The third-order valence-electron chi connectivity index (χ3n) is 3.19. The van der Waals surface area contributed by atoms with E-state index in [2.05, 4.69) is 15.2 Å². The molecule has 6 nitrogen and oxygen atoms in total. The summed E-state index contributed by atoms with van der Waals surface area (Å²) in [4.78, 5) is 18.1. The van der Waals surface area contributed by atoms with Gasteiger partial charge in [-0.15, -0.1) is 0 Å². The number of anilines is 1. The first-order chi connectivity index (χ1) is 9.66. The largest absolute Gasteiger partial charge is 0.397 e. The average molecular weight is 299 g/mol. The van der Waals surface area contributed by atoms with E-state index in [1.807, 2.05) is 0 Å². The zero-order valence-corrected chi connectivity index (χ0v) is 12.0. The second-order valence-corrected chi connectivity index (χ2v) is 5.04. The van der Waals surface area contributed by atoms with Crippen molar-refractivity contribution >= 4 is 23.2 Å². The van der Waals surface area contributed by atoms with Gasteiger partial charge in [-0.2, -0.15) is 0 Å². The first-order valence-electron chi connectivity index (χ1n) is 6.66. The van der Waals surface area contributed by atoms with Crippen LogP contribution in [0.2, 0.25) is 5.15 Å². The lowest BCUT2D eigenvalue weighted by Gasteiger charge is -2.26. The van der Waals surface area contributed by atoms with Crippen LogP contribution in [0.3, 0.4) is 0 Å². The number of hydrogen-bond acceptors (Lipinski definition) is 5. The number of ether oxygens (including phenoxy) is 1. The van der Waals surface area contributed by atoms with Gasteiger partial charge in [0.05, 0.1) is 30.7 Å². The van der Waals surface area contributed by atoms with E-state index >= 15 is 0 Å². The lowest BCUT2D eigenvalue weighted by molar-refractivity contribution is 0.0374. The molecule has 0 radical (unpaired) electrons.